The number of ether oxygens (including phenoxy) is 1. The molecule has 3 rings (SSSR count). The van der Waals surface area contributed by atoms with Gasteiger partial charge in [0.2, 0.25) is 11.8 Å². The van der Waals surface area contributed by atoms with E-state index < -0.39 is 0 Å². The maximum atomic E-state index is 11.0. The van der Waals surface area contributed by atoms with Crippen LogP contribution in [0.1, 0.15) is 17.4 Å². The molecule has 0 radical (unpaired) electrons. The van der Waals surface area contributed by atoms with Gasteiger partial charge in [0, 0.05) is 62.5 Å². The van der Waals surface area contributed by atoms with Crippen molar-refractivity contribution in [1.29, 1.82) is 0 Å². The molecule has 1 aliphatic rings. The van der Waals surface area contributed by atoms with Gasteiger partial charge in [0.25, 0.3) is 0 Å². The van der Waals surface area contributed by atoms with Crippen molar-refractivity contribution in [1.82, 2.24) is 20.2 Å². The molecule has 0 spiro atoms. The number of thiazole rings is 1. The Labute approximate surface area is 145 Å². The standard InChI is InChI=1S/C16H21N5O2S/c1-11(22)20-16-19-7-14(24-16)10-21-8-13(9-21)18-6-12-3-4-17-15(5-12)23-2/h3-5,7,13,18H,6,8-10H2,1-2H3,(H,19,20,22). The first kappa shape index (κ1) is 16.8. The Morgan fingerprint density at radius 2 is 2.29 bits per heavy atom. The number of hydrogen-bond donors (Lipinski definition) is 2. The quantitative estimate of drug-likeness (QED) is 0.790. The third-order valence-corrected chi connectivity index (χ3v) is 4.67. The summed E-state index contributed by atoms with van der Waals surface area (Å²) in [7, 11) is 1.63. The smallest absolute Gasteiger partial charge is 0.223 e. The zero-order valence-electron chi connectivity index (χ0n) is 13.8. The van der Waals surface area contributed by atoms with E-state index in [2.05, 4.69) is 25.5 Å². The van der Waals surface area contributed by atoms with Crippen LogP contribution in [0.4, 0.5) is 5.13 Å². The first-order chi connectivity index (χ1) is 11.6. The molecule has 1 fully saturated rings. The van der Waals surface area contributed by atoms with Crippen LogP contribution in [0.15, 0.2) is 24.5 Å². The molecule has 1 aliphatic heterocycles. The fourth-order valence-corrected chi connectivity index (χ4v) is 3.47. The normalized spacial score (nSPS) is 15.1. The number of carbonyl (C=O) groups excluding carboxylic acids is 1. The van der Waals surface area contributed by atoms with E-state index >= 15 is 0 Å². The molecule has 0 aromatic carbocycles. The van der Waals surface area contributed by atoms with Crippen molar-refractivity contribution in [2.45, 2.75) is 26.1 Å². The third-order valence-electron chi connectivity index (χ3n) is 3.78. The molecule has 7 nitrogen and oxygen atoms in total. The number of rotatable bonds is 7. The fourth-order valence-electron chi connectivity index (χ4n) is 2.57. The maximum absolute atomic E-state index is 11.0. The Morgan fingerprint density at radius 1 is 1.46 bits per heavy atom. The summed E-state index contributed by atoms with van der Waals surface area (Å²) in [6.45, 7) is 5.19. The summed E-state index contributed by atoms with van der Waals surface area (Å²) >= 11 is 1.53. The minimum atomic E-state index is -0.0862. The van der Waals surface area contributed by atoms with Crippen molar-refractivity contribution in [3.8, 4) is 5.88 Å². The van der Waals surface area contributed by atoms with Crippen LogP contribution in [0.2, 0.25) is 0 Å². The zero-order chi connectivity index (χ0) is 16.9. The second-order valence-corrected chi connectivity index (χ2v) is 6.91. The average molecular weight is 347 g/mol. The highest BCUT2D eigenvalue weighted by molar-refractivity contribution is 7.15. The molecule has 128 valence electrons. The molecule has 1 saturated heterocycles. The second kappa shape index (κ2) is 7.69. The molecule has 0 atom stereocenters. The minimum Gasteiger partial charge on any atom is -0.481 e. The van der Waals surface area contributed by atoms with Crippen LogP contribution in [0, 0.1) is 0 Å². The Morgan fingerprint density at radius 3 is 3.04 bits per heavy atom. The summed E-state index contributed by atoms with van der Waals surface area (Å²) in [5.74, 6) is 0.557. The second-order valence-electron chi connectivity index (χ2n) is 5.79. The van der Waals surface area contributed by atoms with Gasteiger partial charge in [-0.15, -0.1) is 11.3 Å². The number of pyridine rings is 1. The molecule has 3 heterocycles. The van der Waals surface area contributed by atoms with Crippen LogP contribution in [0.25, 0.3) is 0 Å². The molecule has 2 N–H and O–H groups in total. The predicted molar refractivity (Wildman–Crippen MR) is 93.1 cm³/mol. The van der Waals surface area contributed by atoms with Crippen LogP contribution < -0.4 is 15.4 Å². The molecule has 0 saturated carbocycles. The number of amides is 1. The molecule has 0 bridgehead atoms. The summed E-state index contributed by atoms with van der Waals surface area (Å²) in [5.41, 5.74) is 1.17. The Hall–Kier alpha value is -2.03. The van der Waals surface area contributed by atoms with Crippen LogP contribution in [-0.2, 0) is 17.9 Å². The lowest BCUT2D eigenvalue weighted by Gasteiger charge is -2.39. The number of nitrogens with one attached hydrogen (secondary N) is 2. The van der Waals surface area contributed by atoms with E-state index in [4.69, 9.17) is 4.74 Å². The molecule has 8 heteroatoms. The highest BCUT2D eigenvalue weighted by Crippen LogP contribution is 2.22. The van der Waals surface area contributed by atoms with Gasteiger partial charge in [-0.25, -0.2) is 9.97 Å². The summed E-state index contributed by atoms with van der Waals surface area (Å²) in [6, 6.07) is 4.43. The van der Waals surface area contributed by atoms with Crippen LogP contribution in [0.5, 0.6) is 5.88 Å². The molecular formula is C16H21N5O2S. The number of anilines is 1. The van der Waals surface area contributed by atoms with Crippen LogP contribution in [-0.4, -0.2) is 47.0 Å². The highest BCUT2D eigenvalue weighted by Gasteiger charge is 2.26. The van der Waals surface area contributed by atoms with Gasteiger partial charge in [-0.2, -0.15) is 0 Å². The van der Waals surface area contributed by atoms with Crippen molar-refractivity contribution in [3.63, 3.8) is 0 Å². The first-order valence-electron chi connectivity index (χ1n) is 7.79. The number of aromatic nitrogens is 2. The highest BCUT2D eigenvalue weighted by atomic mass is 32.1. The lowest BCUT2D eigenvalue weighted by Crippen LogP contribution is -2.56. The number of nitrogens with zero attached hydrogens (tertiary/aromatic N) is 3. The largest absolute Gasteiger partial charge is 0.481 e. The molecule has 2 aromatic rings. The monoisotopic (exact) mass is 347 g/mol. The molecular weight excluding hydrogens is 326 g/mol. The van der Waals surface area contributed by atoms with Gasteiger partial charge in [-0.05, 0) is 11.6 Å². The average Bonchev–Trinajstić information content (AvgIpc) is 2.96. The van der Waals surface area contributed by atoms with E-state index in [0.29, 0.717) is 17.1 Å². The maximum Gasteiger partial charge on any atom is 0.223 e. The van der Waals surface area contributed by atoms with Gasteiger partial charge < -0.3 is 15.4 Å². The van der Waals surface area contributed by atoms with E-state index in [-0.39, 0.29) is 5.91 Å². The Balaban J connectivity index is 1.39. The van der Waals surface area contributed by atoms with Crippen molar-refractivity contribution >= 4 is 22.4 Å². The molecule has 24 heavy (non-hydrogen) atoms. The van der Waals surface area contributed by atoms with E-state index in [9.17, 15) is 4.79 Å². The molecule has 0 unspecified atom stereocenters. The van der Waals surface area contributed by atoms with Crippen molar-refractivity contribution in [3.05, 3.63) is 35.0 Å². The Kier molecular flexibility index (Phi) is 5.39. The number of hydrogen-bond acceptors (Lipinski definition) is 7. The van der Waals surface area contributed by atoms with Crippen molar-refractivity contribution < 1.29 is 9.53 Å². The fraction of sp³-hybridized carbons (Fsp3) is 0.438. The van der Waals surface area contributed by atoms with Gasteiger partial charge in [0.15, 0.2) is 5.13 Å². The molecule has 1 amide bonds. The zero-order valence-corrected chi connectivity index (χ0v) is 14.6. The predicted octanol–water partition coefficient (Wildman–Crippen LogP) is 1.48. The lowest BCUT2D eigenvalue weighted by atomic mass is 10.1. The number of likely N-dealkylation sites (tertiary alicyclic amines) is 1. The van der Waals surface area contributed by atoms with Crippen LogP contribution >= 0.6 is 11.3 Å². The SMILES string of the molecule is COc1cc(CNC2CN(Cc3cnc(NC(C)=O)s3)C2)ccn1. The summed E-state index contributed by atoms with van der Waals surface area (Å²) in [4.78, 5) is 22.8. The molecule has 0 aliphatic carbocycles. The van der Waals surface area contributed by atoms with Gasteiger partial charge in [-0.1, -0.05) is 0 Å². The summed E-state index contributed by atoms with van der Waals surface area (Å²) < 4.78 is 5.13. The summed E-state index contributed by atoms with van der Waals surface area (Å²) in [6.07, 6.45) is 3.60. The molecule has 2 aromatic heterocycles. The third kappa shape index (κ3) is 4.50. The van der Waals surface area contributed by atoms with E-state index in [0.717, 1.165) is 31.1 Å². The number of methoxy groups -OCH3 is 1. The van der Waals surface area contributed by atoms with Gasteiger partial charge in [0.1, 0.15) is 0 Å². The minimum absolute atomic E-state index is 0.0862. The summed E-state index contributed by atoms with van der Waals surface area (Å²) in [5, 5.41) is 6.92. The van der Waals surface area contributed by atoms with Gasteiger partial charge >= 0.3 is 0 Å². The van der Waals surface area contributed by atoms with E-state index in [1.807, 2.05) is 18.3 Å². The lowest BCUT2D eigenvalue weighted by molar-refractivity contribution is -0.114. The van der Waals surface area contributed by atoms with E-state index in [1.165, 1.54) is 23.8 Å². The van der Waals surface area contributed by atoms with Crippen molar-refractivity contribution in [2.75, 3.05) is 25.5 Å². The number of carbonyl (C=O) groups is 1. The van der Waals surface area contributed by atoms with Crippen LogP contribution in [0.3, 0.4) is 0 Å². The van der Waals surface area contributed by atoms with Crippen molar-refractivity contribution in [2.24, 2.45) is 0 Å². The van der Waals surface area contributed by atoms with Gasteiger partial charge in [0.05, 0.1) is 7.11 Å². The topological polar surface area (TPSA) is 79.4 Å². The van der Waals surface area contributed by atoms with Gasteiger partial charge in [-0.3, -0.25) is 9.69 Å². The van der Waals surface area contributed by atoms with E-state index in [1.54, 1.807) is 13.3 Å². The first-order valence-corrected chi connectivity index (χ1v) is 8.61. The Bertz CT molecular complexity index is 699.